The molecule has 13 heavy (non-hydrogen) atoms. The van der Waals surface area contributed by atoms with Crippen LogP contribution in [0, 0.1) is 0 Å². The molecule has 1 aromatic heterocycles. The van der Waals surface area contributed by atoms with Gasteiger partial charge in [-0.25, -0.2) is 0 Å². The first-order valence-electron chi connectivity index (χ1n) is 3.26. The standard InChI is InChI=1S/C7H6F3NOS/c1-13-6-2-5(3-11-4-6)12-7(8,9)10/h2-4H,1H3. The molecule has 0 N–H and O–H groups in total. The van der Waals surface area contributed by atoms with E-state index < -0.39 is 6.36 Å². The largest absolute Gasteiger partial charge is 0.573 e. The van der Waals surface area contributed by atoms with Gasteiger partial charge in [0.25, 0.3) is 0 Å². The summed E-state index contributed by atoms with van der Waals surface area (Å²) in [7, 11) is 0. The molecule has 1 aromatic rings. The Bertz CT molecular complexity index is 289. The number of thioether (sulfide) groups is 1. The van der Waals surface area contributed by atoms with E-state index in [1.165, 1.54) is 24.0 Å². The normalized spacial score (nSPS) is 11.4. The summed E-state index contributed by atoms with van der Waals surface area (Å²) in [5, 5.41) is 0. The van der Waals surface area contributed by atoms with E-state index in [0.717, 1.165) is 6.20 Å². The second kappa shape index (κ2) is 3.87. The fourth-order valence-electron chi connectivity index (χ4n) is 0.700. The van der Waals surface area contributed by atoms with Gasteiger partial charge in [0.15, 0.2) is 0 Å². The van der Waals surface area contributed by atoms with Gasteiger partial charge in [0, 0.05) is 11.1 Å². The lowest BCUT2D eigenvalue weighted by Crippen LogP contribution is -2.17. The van der Waals surface area contributed by atoms with Crippen LogP contribution in [0.25, 0.3) is 0 Å². The molecule has 0 fully saturated rings. The first-order chi connectivity index (χ1) is 6.01. The van der Waals surface area contributed by atoms with Gasteiger partial charge in [0.1, 0.15) is 5.75 Å². The molecule has 0 unspecified atom stereocenters. The molecule has 0 bridgehead atoms. The number of pyridine rings is 1. The number of alkyl halides is 3. The van der Waals surface area contributed by atoms with Crippen molar-refractivity contribution in [2.45, 2.75) is 11.3 Å². The van der Waals surface area contributed by atoms with Crippen LogP contribution in [0.3, 0.4) is 0 Å². The number of hydrogen-bond donors (Lipinski definition) is 0. The highest BCUT2D eigenvalue weighted by atomic mass is 32.2. The topological polar surface area (TPSA) is 22.1 Å². The van der Waals surface area contributed by atoms with Crippen molar-refractivity contribution < 1.29 is 17.9 Å². The number of rotatable bonds is 2. The highest BCUT2D eigenvalue weighted by Gasteiger charge is 2.31. The summed E-state index contributed by atoms with van der Waals surface area (Å²) in [6.45, 7) is 0. The highest BCUT2D eigenvalue weighted by Crippen LogP contribution is 2.24. The third kappa shape index (κ3) is 3.54. The predicted molar refractivity (Wildman–Crippen MR) is 42.7 cm³/mol. The zero-order valence-corrected chi connectivity index (χ0v) is 7.45. The van der Waals surface area contributed by atoms with Gasteiger partial charge < -0.3 is 4.74 Å². The number of hydrogen-bond acceptors (Lipinski definition) is 3. The fraction of sp³-hybridized carbons (Fsp3) is 0.286. The Labute approximate surface area is 77.1 Å². The van der Waals surface area contributed by atoms with Crippen molar-refractivity contribution in [1.82, 2.24) is 4.98 Å². The predicted octanol–water partition coefficient (Wildman–Crippen LogP) is 2.70. The first-order valence-corrected chi connectivity index (χ1v) is 4.48. The number of halogens is 3. The van der Waals surface area contributed by atoms with Crippen LogP contribution in [-0.2, 0) is 0 Å². The molecule has 0 aromatic carbocycles. The lowest BCUT2D eigenvalue weighted by Gasteiger charge is -2.08. The molecule has 0 radical (unpaired) electrons. The number of aromatic nitrogens is 1. The van der Waals surface area contributed by atoms with Crippen LogP contribution in [0.2, 0.25) is 0 Å². The Balaban J connectivity index is 2.78. The lowest BCUT2D eigenvalue weighted by atomic mass is 10.5. The summed E-state index contributed by atoms with van der Waals surface area (Å²) >= 11 is 1.30. The first kappa shape index (κ1) is 10.2. The minimum Gasteiger partial charge on any atom is -0.404 e. The van der Waals surface area contributed by atoms with E-state index in [1.807, 2.05) is 0 Å². The average Bonchev–Trinajstić information content (AvgIpc) is 2.01. The maximum Gasteiger partial charge on any atom is 0.573 e. The van der Waals surface area contributed by atoms with Gasteiger partial charge in [-0.05, 0) is 12.3 Å². The van der Waals surface area contributed by atoms with Crippen LogP contribution in [0.5, 0.6) is 5.75 Å². The van der Waals surface area contributed by atoms with Crippen LogP contribution in [0.15, 0.2) is 23.4 Å². The Morgan fingerprint density at radius 3 is 2.62 bits per heavy atom. The van der Waals surface area contributed by atoms with Gasteiger partial charge in [-0.1, -0.05) is 0 Å². The third-order valence-corrected chi connectivity index (χ3v) is 1.85. The quantitative estimate of drug-likeness (QED) is 0.699. The van der Waals surface area contributed by atoms with E-state index in [-0.39, 0.29) is 5.75 Å². The van der Waals surface area contributed by atoms with E-state index in [4.69, 9.17) is 0 Å². The average molecular weight is 209 g/mol. The third-order valence-electron chi connectivity index (χ3n) is 1.16. The van der Waals surface area contributed by atoms with E-state index in [1.54, 1.807) is 6.26 Å². The van der Waals surface area contributed by atoms with E-state index in [0.29, 0.717) is 4.90 Å². The minimum absolute atomic E-state index is 0.292. The Morgan fingerprint density at radius 2 is 2.08 bits per heavy atom. The molecule has 0 atom stereocenters. The Kier molecular flexibility index (Phi) is 3.02. The van der Waals surface area contributed by atoms with E-state index in [9.17, 15) is 13.2 Å². The minimum atomic E-state index is -4.65. The Hall–Kier alpha value is -0.910. The molecule has 0 aliphatic rings. The smallest absolute Gasteiger partial charge is 0.404 e. The molecular weight excluding hydrogens is 203 g/mol. The van der Waals surface area contributed by atoms with Gasteiger partial charge >= 0.3 is 6.36 Å². The second-order valence-electron chi connectivity index (χ2n) is 2.11. The zero-order chi connectivity index (χ0) is 9.90. The van der Waals surface area contributed by atoms with Crippen molar-refractivity contribution in [3.63, 3.8) is 0 Å². The molecule has 0 saturated heterocycles. The van der Waals surface area contributed by atoms with Crippen LogP contribution in [0.1, 0.15) is 0 Å². The summed E-state index contributed by atoms with van der Waals surface area (Å²) in [5.74, 6) is -0.292. The van der Waals surface area contributed by atoms with E-state index >= 15 is 0 Å². The van der Waals surface area contributed by atoms with E-state index in [2.05, 4.69) is 9.72 Å². The summed E-state index contributed by atoms with van der Waals surface area (Å²) in [6, 6.07) is 1.28. The SMILES string of the molecule is CSc1cncc(OC(F)(F)F)c1. The van der Waals surface area contributed by atoms with Crippen LogP contribution < -0.4 is 4.74 Å². The maximum atomic E-state index is 11.7. The van der Waals surface area contributed by atoms with Crippen molar-refractivity contribution in [3.8, 4) is 5.75 Å². The molecule has 2 nitrogen and oxygen atoms in total. The van der Waals surface area contributed by atoms with Crippen LogP contribution >= 0.6 is 11.8 Å². The molecule has 6 heteroatoms. The van der Waals surface area contributed by atoms with Gasteiger partial charge in [-0.2, -0.15) is 0 Å². The van der Waals surface area contributed by atoms with Crippen molar-refractivity contribution in [3.05, 3.63) is 18.5 Å². The van der Waals surface area contributed by atoms with Crippen molar-refractivity contribution in [2.75, 3.05) is 6.26 Å². The maximum absolute atomic E-state index is 11.7. The summed E-state index contributed by atoms with van der Waals surface area (Å²) < 4.78 is 38.8. The Morgan fingerprint density at radius 1 is 1.38 bits per heavy atom. The molecule has 0 amide bonds. The van der Waals surface area contributed by atoms with Crippen LogP contribution in [-0.4, -0.2) is 17.6 Å². The van der Waals surface area contributed by atoms with Gasteiger partial charge in [-0.3, -0.25) is 4.98 Å². The summed E-state index contributed by atoms with van der Waals surface area (Å²) in [6.07, 6.45) is -0.422. The van der Waals surface area contributed by atoms with Crippen molar-refractivity contribution in [1.29, 1.82) is 0 Å². The summed E-state index contributed by atoms with van der Waals surface area (Å²) in [5.41, 5.74) is 0. The lowest BCUT2D eigenvalue weighted by molar-refractivity contribution is -0.274. The highest BCUT2D eigenvalue weighted by molar-refractivity contribution is 7.98. The van der Waals surface area contributed by atoms with Crippen LogP contribution in [0.4, 0.5) is 13.2 Å². The molecule has 1 heterocycles. The number of ether oxygens (including phenoxy) is 1. The molecule has 0 aliphatic carbocycles. The molecule has 0 saturated carbocycles. The molecule has 72 valence electrons. The summed E-state index contributed by atoms with van der Waals surface area (Å²) in [4.78, 5) is 4.22. The molecular formula is C7H6F3NOS. The zero-order valence-electron chi connectivity index (χ0n) is 6.63. The molecule has 1 rings (SSSR count). The molecule has 0 aliphatic heterocycles. The van der Waals surface area contributed by atoms with Gasteiger partial charge in [-0.15, -0.1) is 24.9 Å². The van der Waals surface area contributed by atoms with Gasteiger partial charge in [0.05, 0.1) is 6.20 Å². The van der Waals surface area contributed by atoms with Crippen molar-refractivity contribution >= 4 is 11.8 Å². The molecule has 0 spiro atoms. The fourth-order valence-corrected chi connectivity index (χ4v) is 1.10. The second-order valence-corrected chi connectivity index (χ2v) is 2.99. The van der Waals surface area contributed by atoms with Gasteiger partial charge in [0.2, 0.25) is 0 Å². The monoisotopic (exact) mass is 209 g/mol. The van der Waals surface area contributed by atoms with Crippen molar-refractivity contribution in [2.24, 2.45) is 0 Å². The number of nitrogens with zero attached hydrogens (tertiary/aromatic N) is 1.